The van der Waals surface area contributed by atoms with Crippen LogP contribution in [0.5, 0.6) is 0 Å². The van der Waals surface area contributed by atoms with Gasteiger partial charge in [-0.05, 0) is 19.3 Å². The summed E-state index contributed by atoms with van der Waals surface area (Å²) in [4.78, 5) is 20.4. The van der Waals surface area contributed by atoms with Gasteiger partial charge in [0.2, 0.25) is 6.29 Å². The van der Waals surface area contributed by atoms with Gasteiger partial charge in [0.1, 0.15) is 0 Å². The molecule has 0 N–H and O–H groups in total. The van der Waals surface area contributed by atoms with E-state index >= 15 is 0 Å². The van der Waals surface area contributed by atoms with Gasteiger partial charge < -0.3 is 0 Å². The van der Waals surface area contributed by atoms with Crippen LogP contribution in [0.2, 0.25) is 0 Å². The molecule has 3 radical (unpaired) electrons. The summed E-state index contributed by atoms with van der Waals surface area (Å²) in [7, 11) is 0. The van der Waals surface area contributed by atoms with Crippen molar-refractivity contribution in [3.05, 3.63) is 0 Å². The van der Waals surface area contributed by atoms with Crippen LogP contribution in [0.25, 0.3) is 0 Å². The van der Waals surface area contributed by atoms with E-state index in [0.29, 0.717) is 19.3 Å². The van der Waals surface area contributed by atoms with Crippen molar-refractivity contribution in [2.24, 2.45) is 11.8 Å². The van der Waals surface area contributed by atoms with E-state index in [1.54, 1.807) is 0 Å². The van der Waals surface area contributed by atoms with Gasteiger partial charge in [-0.3, -0.25) is 9.59 Å². The molecule has 3 heteroatoms. The van der Waals surface area contributed by atoms with Gasteiger partial charge >= 0.3 is 0 Å². The first-order valence-electron chi connectivity index (χ1n) is 3.34. The van der Waals surface area contributed by atoms with Crippen molar-refractivity contribution < 1.29 is 9.59 Å². The Hall–Kier alpha value is -0.860. The van der Waals surface area contributed by atoms with Crippen LogP contribution in [0.3, 0.4) is 0 Å². The molecule has 0 heterocycles. The molecule has 1 aliphatic carbocycles. The smallest absolute Gasteiger partial charge is 0.267 e. The second-order valence-corrected chi connectivity index (χ2v) is 2.66. The number of hydrogen-bond acceptors (Lipinski definition) is 2. The van der Waals surface area contributed by atoms with Crippen LogP contribution < -0.4 is 5.73 Å². The summed E-state index contributed by atoms with van der Waals surface area (Å²) in [5.41, 5.74) is 8.50. The Morgan fingerprint density at radius 3 is 2.50 bits per heavy atom. The van der Waals surface area contributed by atoms with Gasteiger partial charge in [0, 0.05) is 11.8 Å². The molecule has 0 aromatic rings. The summed E-state index contributed by atoms with van der Waals surface area (Å²) < 4.78 is 0. The maximum absolute atomic E-state index is 10.3. The van der Waals surface area contributed by atoms with Crippen LogP contribution >= 0.6 is 0 Å². The van der Waals surface area contributed by atoms with E-state index in [0.717, 1.165) is 0 Å². The van der Waals surface area contributed by atoms with Gasteiger partial charge in [-0.15, -0.1) is 5.73 Å². The largest absolute Gasteiger partial charge is 0.291 e. The van der Waals surface area contributed by atoms with E-state index in [2.05, 4.69) is 0 Å². The average molecular weight is 138 g/mol. The SMILES string of the molecule is [N]C(=O)C1CCC([C]=O)C1. The van der Waals surface area contributed by atoms with Gasteiger partial charge in [-0.25, -0.2) is 0 Å². The lowest BCUT2D eigenvalue weighted by molar-refractivity contribution is -0.122. The van der Waals surface area contributed by atoms with Gasteiger partial charge in [0.15, 0.2) is 0 Å². The molecule has 1 fully saturated rings. The Kier molecular flexibility index (Phi) is 2.04. The predicted molar refractivity (Wildman–Crippen MR) is 33.7 cm³/mol. The van der Waals surface area contributed by atoms with E-state index in [4.69, 9.17) is 5.73 Å². The molecule has 0 aromatic heterocycles. The fraction of sp³-hybridized carbons (Fsp3) is 0.714. The van der Waals surface area contributed by atoms with Crippen molar-refractivity contribution in [3.8, 4) is 0 Å². The topological polar surface area (TPSA) is 56.4 Å². The molecule has 0 bridgehead atoms. The highest BCUT2D eigenvalue weighted by Crippen LogP contribution is 2.28. The normalized spacial score (nSPS) is 32.0. The summed E-state index contributed by atoms with van der Waals surface area (Å²) in [6, 6.07) is 0. The second kappa shape index (κ2) is 2.82. The van der Waals surface area contributed by atoms with E-state index in [1.165, 1.54) is 0 Å². The van der Waals surface area contributed by atoms with E-state index in [1.807, 2.05) is 6.29 Å². The third-order valence-electron chi connectivity index (χ3n) is 1.95. The highest BCUT2D eigenvalue weighted by atomic mass is 16.1. The summed E-state index contributed by atoms with van der Waals surface area (Å²) in [6.07, 6.45) is 3.65. The van der Waals surface area contributed by atoms with Gasteiger partial charge in [-0.1, -0.05) is 0 Å². The Labute approximate surface area is 59.6 Å². The summed E-state index contributed by atoms with van der Waals surface area (Å²) >= 11 is 0. The first kappa shape index (κ1) is 7.25. The van der Waals surface area contributed by atoms with Crippen LogP contribution in [0.4, 0.5) is 0 Å². The minimum absolute atomic E-state index is 0.124. The molecule has 0 spiro atoms. The summed E-state index contributed by atoms with van der Waals surface area (Å²) in [5, 5.41) is 0. The molecule has 53 valence electrons. The zero-order valence-corrected chi connectivity index (χ0v) is 5.54. The number of hydrogen-bond donors (Lipinski definition) is 0. The maximum atomic E-state index is 10.3. The van der Waals surface area contributed by atoms with E-state index in [-0.39, 0.29) is 11.8 Å². The van der Waals surface area contributed by atoms with Crippen molar-refractivity contribution >= 4 is 12.2 Å². The van der Waals surface area contributed by atoms with Crippen molar-refractivity contribution in [2.45, 2.75) is 19.3 Å². The maximum Gasteiger partial charge on any atom is 0.267 e. The van der Waals surface area contributed by atoms with E-state index in [9.17, 15) is 9.59 Å². The highest BCUT2D eigenvalue weighted by Gasteiger charge is 2.29. The number of nitrogens with zero attached hydrogens (tertiary/aromatic N) is 1. The zero-order valence-electron chi connectivity index (χ0n) is 5.54. The molecule has 1 amide bonds. The molecule has 1 rings (SSSR count). The van der Waals surface area contributed by atoms with Gasteiger partial charge in [-0.2, -0.15) is 0 Å². The van der Waals surface area contributed by atoms with Crippen LogP contribution in [-0.4, -0.2) is 12.2 Å². The van der Waals surface area contributed by atoms with Crippen LogP contribution in [0.15, 0.2) is 0 Å². The predicted octanol–water partition coefficient (Wildman–Crippen LogP) is 0.108. The molecule has 0 aliphatic heterocycles. The molecule has 1 aliphatic rings. The quantitative estimate of drug-likeness (QED) is 0.543. The summed E-state index contributed by atoms with van der Waals surface area (Å²) in [6.45, 7) is 0. The second-order valence-electron chi connectivity index (χ2n) is 2.66. The van der Waals surface area contributed by atoms with Crippen molar-refractivity contribution in [1.82, 2.24) is 5.73 Å². The van der Waals surface area contributed by atoms with Gasteiger partial charge in [0.05, 0.1) is 0 Å². The Balaban J connectivity index is 2.42. The lowest BCUT2D eigenvalue weighted by atomic mass is 10.1. The minimum Gasteiger partial charge on any atom is -0.291 e. The highest BCUT2D eigenvalue weighted by molar-refractivity contribution is 5.77. The minimum atomic E-state index is -0.780. The van der Waals surface area contributed by atoms with Crippen LogP contribution in [0.1, 0.15) is 19.3 Å². The first-order valence-corrected chi connectivity index (χ1v) is 3.34. The molecule has 2 atom stereocenters. The molecule has 10 heavy (non-hydrogen) atoms. The monoisotopic (exact) mass is 138 g/mol. The Morgan fingerprint density at radius 1 is 1.50 bits per heavy atom. The molecular weight excluding hydrogens is 130 g/mol. The lowest BCUT2D eigenvalue weighted by Gasteiger charge is -1.97. The number of rotatable bonds is 2. The van der Waals surface area contributed by atoms with Crippen molar-refractivity contribution in [2.75, 3.05) is 0 Å². The Bertz CT molecular complexity index is 156. The Morgan fingerprint density at radius 2 is 2.20 bits per heavy atom. The fourth-order valence-electron chi connectivity index (χ4n) is 1.31. The first-order chi connectivity index (χ1) is 4.74. The van der Waals surface area contributed by atoms with Crippen LogP contribution in [-0.2, 0) is 9.59 Å². The van der Waals surface area contributed by atoms with Crippen molar-refractivity contribution in [3.63, 3.8) is 0 Å². The van der Waals surface area contributed by atoms with Crippen LogP contribution in [0, 0.1) is 11.8 Å². The zero-order chi connectivity index (χ0) is 7.56. The molecule has 0 aromatic carbocycles. The lowest BCUT2D eigenvalue weighted by Crippen LogP contribution is -2.11. The van der Waals surface area contributed by atoms with Crippen molar-refractivity contribution in [1.29, 1.82) is 0 Å². The molecule has 2 unspecified atom stereocenters. The number of amides is 1. The molecular formula is C7H8NO2. The molecule has 3 nitrogen and oxygen atoms in total. The standard InChI is InChI=1S/C7H8NO2/c8-7(10)6-2-1-5(3-6)4-9/h5-6H,1-3H2. The molecule has 1 saturated carbocycles. The number of carbonyl (C=O) groups excluding carboxylic acids is 2. The van der Waals surface area contributed by atoms with Gasteiger partial charge in [0.25, 0.3) is 5.91 Å². The van der Waals surface area contributed by atoms with E-state index < -0.39 is 5.91 Å². The summed E-state index contributed by atoms with van der Waals surface area (Å²) in [5.74, 6) is -1.20. The number of carbonyl (C=O) groups is 1. The average Bonchev–Trinajstić information content (AvgIpc) is 2.34. The third-order valence-corrected chi connectivity index (χ3v) is 1.95. The fourth-order valence-corrected chi connectivity index (χ4v) is 1.31. The third kappa shape index (κ3) is 1.35. The molecule has 0 saturated heterocycles.